The molecule has 0 bridgehead atoms. The summed E-state index contributed by atoms with van der Waals surface area (Å²) >= 11 is 0. The van der Waals surface area contributed by atoms with Gasteiger partial charge >= 0.3 is 6.18 Å². The molecular weight excluding hydrogens is 397 g/mol. The predicted molar refractivity (Wildman–Crippen MR) is 106 cm³/mol. The van der Waals surface area contributed by atoms with E-state index in [1.54, 1.807) is 0 Å². The van der Waals surface area contributed by atoms with E-state index in [4.69, 9.17) is 0 Å². The Kier molecular flexibility index (Phi) is 7.08. The van der Waals surface area contributed by atoms with Crippen LogP contribution in [0.4, 0.5) is 13.2 Å². The van der Waals surface area contributed by atoms with E-state index in [9.17, 15) is 22.8 Å². The summed E-state index contributed by atoms with van der Waals surface area (Å²) in [6, 6.07) is 1.51. The number of halogens is 3. The standard InChI is InChI=1S/C21H31F3N4O2/c1-13(2)14-3-5-16(6-4-14)20(30)28-9-7-15(8-10-28)17-11-18(27-26-17)19(29)25-12-21(22,23)24/h11,13-16H,3-10,12H2,1-2H3,(H,25,29)(H,26,27). The number of piperidine rings is 1. The molecule has 0 atom stereocenters. The number of alkyl halides is 3. The fraction of sp³-hybridized carbons (Fsp3) is 0.762. The highest BCUT2D eigenvalue weighted by Crippen LogP contribution is 2.35. The molecule has 0 radical (unpaired) electrons. The van der Waals surface area contributed by atoms with Gasteiger partial charge in [0.2, 0.25) is 5.91 Å². The Morgan fingerprint density at radius 1 is 1.17 bits per heavy atom. The van der Waals surface area contributed by atoms with Crippen molar-refractivity contribution in [3.63, 3.8) is 0 Å². The van der Waals surface area contributed by atoms with Crippen LogP contribution < -0.4 is 5.32 Å². The SMILES string of the molecule is CC(C)C1CCC(C(=O)N2CCC(c3cc(C(=O)NCC(F)(F)F)n[nH]3)CC2)CC1. The first-order valence-corrected chi connectivity index (χ1v) is 10.8. The smallest absolute Gasteiger partial charge is 0.342 e. The first kappa shape index (κ1) is 22.6. The Bertz CT molecular complexity index is 731. The number of likely N-dealkylation sites (tertiary alicyclic amines) is 1. The zero-order chi connectivity index (χ0) is 21.9. The zero-order valence-corrected chi connectivity index (χ0v) is 17.6. The lowest BCUT2D eigenvalue weighted by molar-refractivity contribution is -0.138. The molecule has 2 amide bonds. The van der Waals surface area contributed by atoms with Crippen molar-refractivity contribution in [2.75, 3.05) is 19.6 Å². The molecule has 1 saturated carbocycles. The minimum atomic E-state index is -4.46. The fourth-order valence-corrected chi connectivity index (χ4v) is 4.64. The summed E-state index contributed by atoms with van der Waals surface area (Å²) in [7, 11) is 0. The van der Waals surface area contributed by atoms with E-state index >= 15 is 0 Å². The molecule has 3 rings (SSSR count). The summed E-state index contributed by atoms with van der Waals surface area (Å²) in [5.74, 6) is 1.05. The first-order valence-electron chi connectivity index (χ1n) is 10.8. The molecule has 9 heteroatoms. The third kappa shape index (κ3) is 5.76. The van der Waals surface area contributed by atoms with Crippen LogP contribution in [0, 0.1) is 17.8 Å². The highest BCUT2D eigenvalue weighted by atomic mass is 19.4. The van der Waals surface area contributed by atoms with Gasteiger partial charge in [0.05, 0.1) is 0 Å². The minimum Gasteiger partial charge on any atom is -0.342 e. The number of carbonyl (C=O) groups excluding carboxylic acids is 2. The average molecular weight is 428 g/mol. The van der Waals surface area contributed by atoms with Crippen LogP contribution in [-0.4, -0.2) is 52.7 Å². The van der Waals surface area contributed by atoms with Crippen molar-refractivity contribution < 1.29 is 22.8 Å². The van der Waals surface area contributed by atoms with Crippen molar-refractivity contribution in [1.29, 1.82) is 0 Å². The molecule has 0 unspecified atom stereocenters. The molecule has 1 aliphatic heterocycles. The van der Waals surface area contributed by atoms with Gasteiger partial charge in [0, 0.05) is 30.6 Å². The van der Waals surface area contributed by atoms with E-state index < -0.39 is 18.6 Å². The van der Waals surface area contributed by atoms with Crippen LogP contribution in [0.25, 0.3) is 0 Å². The fourth-order valence-electron chi connectivity index (χ4n) is 4.64. The summed E-state index contributed by atoms with van der Waals surface area (Å²) < 4.78 is 36.7. The van der Waals surface area contributed by atoms with Gasteiger partial charge in [0.15, 0.2) is 0 Å². The molecular formula is C21H31F3N4O2. The number of rotatable bonds is 5. The van der Waals surface area contributed by atoms with Crippen LogP contribution in [0.2, 0.25) is 0 Å². The number of hydrogen-bond acceptors (Lipinski definition) is 3. The van der Waals surface area contributed by atoms with E-state index in [1.807, 2.05) is 10.2 Å². The number of aromatic nitrogens is 2. The molecule has 2 heterocycles. The van der Waals surface area contributed by atoms with Crippen molar-refractivity contribution in [3.05, 3.63) is 17.5 Å². The molecule has 1 aliphatic carbocycles. The third-order valence-corrected chi connectivity index (χ3v) is 6.59. The highest BCUT2D eigenvalue weighted by Gasteiger charge is 2.33. The second-order valence-corrected chi connectivity index (χ2v) is 8.96. The number of H-pyrrole nitrogens is 1. The van der Waals surface area contributed by atoms with E-state index in [-0.39, 0.29) is 23.4 Å². The molecule has 1 saturated heterocycles. The normalized spacial score (nSPS) is 23.6. The van der Waals surface area contributed by atoms with Crippen molar-refractivity contribution in [2.24, 2.45) is 17.8 Å². The van der Waals surface area contributed by atoms with Crippen LogP contribution in [-0.2, 0) is 4.79 Å². The molecule has 30 heavy (non-hydrogen) atoms. The lowest BCUT2D eigenvalue weighted by Crippen LogP contribution is -2.42. The van der Waals surface area contributed by atoms with E-state index in [0.717, 1.165) is 50.1 Å². The monoisotopic (exact) mass is 428 g/mol. The lowest BCUT2D eigenvalue weighted by Gasteiger charge is -2.36. The van der Waals surface area contributed by atoms with Crippen LogP contribution >= 0.6 is 0 Å². The van der Waals surface area contributed by atoms with E-state index in [2.05, 4.69) is 24.0 Å². The largest absolute Gasteiger partial charge is 0.405 e. The van der Waals surface area contributed by atoms with Gasteiger partial charge in [-0.15, -0.1) is 0 Å². The summed E-state index contributed by atoms with van der Waals surface area (Å²) in [4.78, 5) is 26.7. The minimum absolute atomic E-state index is 0.0466. The molecule has 6 nitrogen and oxygen atoms in total. The Hall–Kier alpha value is -2.06. The van der Waals surface area contributed by atoms with Crippen LogP contribution in [0.3, 0.4) is 0 Å². The molecule has 1 aromatic rings. The first-order chi connectivity index (χ1) is 14.1. The lowest BCUT2D eigenvalue weighted by atomic mass is 9.76. The predicted octanol–water partition coefficient (Wildman–Crippen LogP) is 3.87. The summed E-state index contributed by atoms with van der Waals surface area (Å²) in [5.41, 5.74) is 0.686. The van der Waals surface area contributed by atoms with Crippen molar-refractivity contribution >= 4 is 11.8 Å². The molecule has 2 fully saturated rings. The molecule has 0 spiro atoms. The maximum Gasteiger partial charge on any atom is 0.405 e. The van der Waals surface area contributed by atoms with Crippen molar-refractivity contribution in [1.82, 2.24) is 20.4 Å². The van der Waals surface area contributed by atoms with Gasteiger partial charge in [-0.2, -0.15) is 18.3 Å². The van der Waals surface area contributed by atoms with Gasteiger partial charge in [0.25, 0.3) is 5.91 Å². The quantitative estimate of drug-likeness (QED) is 0.747. The van der Waals surface area contributed by atoms with Gasteiger partial charge in [-0.1, -0.05) is 13.8 Å². The van der Waals surface area contributed by atoms with Crippen molar-refractivity contribution in [3.8, 4) is 0 Å². The second-order valence-electron chi connectivity index (χ2n) is 8.96. The van der Waals surface area contributed by atoms with Gasteiger partial charge in [-0.05, 0) is 56.4 Å². The second kappa shape index (κ2) is 9.39. The zero-order valence-electron chi connectivity index (χ0n) is 17.6. The van der Waals surface area contributed by atoms with Crippen LogP contribution in [0.1, 0.15) is 74.5 Å². The summed E-state index contributed by atoms with van der Waals surface area (Å²) in [5, 5.41) is 8.46. The van der Waals surface area contributed by atoms with Gasteiger partial charge in [-0.3, -0.25) is 14.7 Å². The number of nitrogens with zero attached hydrogens (tertiary/aromatic N) is 2. The molecule has 2 N–H and O–H groups in total. The average Bonchev–Trinajstić information content (AvgIpc) is 3.21. The van der Waals surface area contributed by atoms with Crippen LogP contribution in [0.15, 0.2) is 6.07 Å². The molecule has 1 aromatic heterocycles. The van der Waals surface area contributed by atoms with Gasteiger partial charge in [-0.25, -0.2) is 0 Å². The number of nitrogens with one attached hydrogen (secondary N) is 2. The number of amides is 2. The maximum atomic E-state index is 12.9. The number of carbonyl (C=O) groups is 2. The Morgan fingerprint density at radius 3 is 2.37 bits per heavy atom. The third-order valence-electron chi connectivity index (χ3n) is 6.59. The van der Waals surface area contributed by atoms with Crippen LogP contribution in [0.5, 0.6) is 0 Å². The Balaban J connectivity index is 1.47. The summed E-state index contributed by atoms with van der Waals surface area (Å²) in [6.07, 6.45) is 1.23. The Labute approximate surface area is 175 Å². The summed E-state index contributed by atoms with van der Waals surface area (Å²) in [6.45, 7) is 4.43. The topological polar surface area (TPSA) is 78.1 Å². The molecule has 0 aromatic carbocycles. The van der Waals surface area contributed by atoms with E-state index in [0.29, 0.717) is 19.0 Å². The van der Waals surface area contributed by atoms with Gasteiger partial charge in [0.1, 0.15) is 12.2 Å². The maximum absolute atomic E-state index is 12.9. The number of hydrogen-bond donors (Lipinski definition) is 2. The molecule has 168 valence electrons. The van der Waals surface area contributed by atoms with Crippen molar-refractivity contribution in [2.45, 2.75) is 64.5 Å². The highest BCUT2D eigenvalue weighted by molar-refractivity contribution is 5.92. The Morgan fingerprint density at radius 2 is 1.80 bits per heavy atom. The number of aromatic amines is 1. The van der Waals surface area contributed by atoms with E-state index in [1.165, 1.54) is 6.07 Å². The van der Waals surface area contributed by atoms with Gasteiger partial charge < -0.3 is 10.2 Å². The molecule has 2 aliphatic rings.